The molecule has 2 N–H and O–H groups in total. The number of aromatic amines is 1. The molecular weight excluding hydrogens is 366 g/mol. The number of nitrogens with zero attached hydrogens (tertiary/aromatic N) is 5. The smallest absolute Gasteiger partial charge is 0.252 e. The summed E-state index contributed by atoms with van der Waals surface area (Å²) in [5.41, 5.74) is 1.45. The lowest BCUT2D eigenvalue weighted by Gasteiger charge is -2.48. The molecule has 1 saturated heterocycles. The molecule has 1 fully saturated rings. The number of rotatable bonds is 3. The minimum atomic E-state index is -0.731. The van der Waals surface area contributed by atoms with Crippen molar-refractivity contribution in [3.05, 3.63) is 24.0 Å². The van der Waals surface area contributed by atoms with Crippen molar-refractivity contribution >= 4 is 28.7 Å². The minimum Gasteiger partial charge on any atom is -0.377 e. The van der Waals surface area contributed by atoms with Gasteiger partial charge in [0.2, 0.25) is 0 Å². The van der Waals surface area contributed by atoms with Crippen LogP contribution in [-0.2, 0) is 9.53 Å². The average molecular weight is 383 g/mol. The zero-order valence-electron chi connectivity index (χ0n) is 14.6. The first-order valence-electron chi connectivity index (χ1n) is 8.70. The Morgan fingerprint density at radius 2 is 2.30 bits per heavy atom. The summed E-state index contributed by atoms with van der Waals surface area (Å²) in [6.07, 6.45) is 5.74. The second kappa shape index (κ2) is 6.10. The van der Waals surface area contributed by atoms with E-state index < -0.39 is 5.54 Å². The molecule has 2 aliphatic rings. The van der Waals surface area contributed by atoms with Crippen LogP contribution in [0.3, 0.4) is 0 Å². The molecule has 0 radical (unpaired) electrons. The van der Waals surface area contributed by atoms with Crippen molar-refractivity contribution in [1.82, 2.24) is 25.1 Å². The van der Waals surface area contributed by atoms with Gasteiger partial charge in [-0.1, -0.05) is 6.92 Å². The Hall–Kier alpha value is -2.85. The van der Waals surface area contributed by atoms with Gasteiger partial charge in [-0.05, 0) is 6.42 Å². The van der Waals surface area contributed by atoms with Gasteiger partial charge < -0.3 is 15.0 Å². The van der Waals surface area contributed by atoms with Gasteiger partial charge in [-0.15, -0.1) is 11.3 Å². The number of fused-ring (bicyclic) bond motifs is 3. The van der Waals surface area contributed by atoms with Crippen LogP contribution in [0.4, 0.5) is 11.5 Å². The van der Waals surface area contributed by atoms with Crippen molar-refractivity contribution in [3.63, 3.8) is 0 Å². The van der Waals surface area contributed by atoms with E-state index in [2.05, 4.69) is 30.4 Å². The number of hydrogen-bond acceptors (Lipinski definition) is 8. The molecule has 0 spiro atoms. The molecular formula is C17H17N7O2S. The van der Waals surface area contributed by atoms with E-state index in [4.69, 9.17) is 9.72 Å². The average Bonchev–Trinajstić information content (AvgIpc) is 3.39. The number of H-pyrrole nitrogens is 1. The number of amides is 1. The van der Waals surface area contributed by atoms with Crippen molar-refractivity contribution in [2.24, 2.45) is 0 Å². The Kier molecular flexibility index (Phi) is 3.69. The third-order valence-electron chi connectivity index (χ3n) is 5.12. The summed E-state index contributed by atoms with van der Waals surface area (Å²) in [6, 6.07) is 0. The van der Waals surface area contributed by atoms with Gasteiger partial charge in [0.25, 0.3) is 5.91 Å². The zero-order valence-corrected chi connectivity index (χ0v) is 15.4. The number of nitrogens with one attached hydrogen (secondary N) is 2. The monoisotopic (exact) mass is 383 g/mol. The van der Waals surface area contributed by atoms with E-state index in [1.54, 1.807) is 18.6 Å². The highest BCUT2D eigenvalue weighted by atomic mass is 32.1. The summed E-state index contributed by atoms with van der Waals surface area (Å²) in [5.74, 6) is 1.19. The third-order valence-corrected chi connectivity index (χ3v) is 5.91. The number of hydrogen-bond donors (Lipinski definition) is 2. The molecule has 5 rings (SSSR count). The molecule has 9 nitrogen and oxygen atoms in total. The number of anilines is 2. The number of carbonyl (C=O) groups is 1. The number of thiazole rings is 1. The SMILES string of the molecule is CCC12COCCN1c1nc(-c3cn[nH]c3-c3nccs3)ncc1NC2=O. The zero-order chi connectivity index (χ0) is 18.4. The van der Waals surface area contributed by atoms with Crippen molar-refractivity contribution in [3.8, 4) is 22.1 Å². The fraction of sp³-hybridized carbons (Fsp3) is 0.353. The van der Waals surface area contributed by atoms with Crippen LogP contribution in [0.5, 0.6) is 0 Å². The number of carbonyl (C=O) groups excluding carboxylic acids is 1. The molecule has 27 heavy (non-hydrogen) atoms. The number of ether oxygens (including phenoxy) is 1. The molecule has 1 atom stereocenters. The second-order valence-electron chi connectivity index (χ2n) is 6.47. The standard InChI is InChI=1S/C17H17N7O2S/c1-2-17-9-26-5-4-24(17)14-11(21-16(17)25)8-19-13(22-14)10-7-20-23-12(10)15-18-3-6-27-15/h3,6-8H,2,4-5,9H2,1H3,(H,20,23)(H,21,25). The fourth-order valence-corrected chi connectivity index (χ4v) is 4.29. The van der Waals surface area contributed by atoms with Gasteiger partial charge in [-0.2, -0.15) is 5.10 Å². The highest BCUT2D eigenvalue weighted by molar-refractivity contribution is 7.13. The summed E-state index contributed by atoms with van der Waals surface area (Å²) in [4.78, 5) is 28.4. The lowest BCUT2D eigenvalue weighted by molar-refractivity contribution is -0.125. The number of aromatic nitrogens is 5. The summed E-state index contributed by atoms with van der Waals surface area (Å²) in [7, 11) is 0. The molecule has 138 valence electrons. The van der Waals surface area contributed by atoms with Crippen LogP contribution in [-0.4, -0.2) is 56.4 Å². The van der Waals surface area contributed by atoms with Crippen LogP contribution in [0, 0.1) is 0 Å². The molecule has 0 saturated carbocycles. The largest absolute Gasteiger partial charge is 0.377 e. The Labute approximate surface area is 158 Å². The summed E-state index contributed by atoms with van der Waals surface area (Å²) >= 11 is 1.52. The Bertz CT molecular complexity index is 1000. The first-order valence-corrected chi connectivity index (χ1v) is 9.58. The van der Waals surface area contributed by atoms with Crippen molar-refractivity contribution in [1.29, 1.82) is 0 Å². The third kappa shape index (κ3) is 2.37. The quantitative estimate of drug-likeness (QED) is 0.711. The van der Waals surface area contributed by atoms with Crippen LogP contribution in [0.1, 0.15) is 13.3 Å². The molecule has 0 bridgehead atoms. The molecule has 0 aromatic carbocycles. The molecule has 5 heterocycles. The highest BCUT2D eigenvalue weighted by Gasteiger charge is 2.49. The molecule has 1 amide bonds. The maximum atomic E-state index is 12.8. The van der Waals surface area contributed by atoms with Crippen LogP contribution in [0.2, 0.25) is 0 Å². The maximum absolute atomic E-state index is 12.8. The van der Waals surface area contributed by atoms with E-state index in [0.29, 0.717) is 37.7 Å². The Morgan fingerprint density at radius 3 is 3.11 bits per heavy atom. The predicted octanol–water partition coefficient (Wildman–Crippen LogP) is 1.93. The Balaban J connectivity index is 1.62. The Morgan fingerprint density at radius 1 is 1.37 bits per heavy atom. The summed E-state index contributed by atoms with van der Waals surface area (Å²) in [6.45, 7) is 3.51. The van der Waals surface area contributed by atoms with Gasteiger partial charge in [0.05, 0.1) is 31.2 Å². The first-order chi connectivity index (χ1) is 13.2. The van der Waals surface area contributed by atoms with Crippen molar-refractivity contribution in [2.45, 2.75) is 18.9 Å². The molecule has 1 unspecified atom stereocenters. The molecule has 3 aromatic rings. The van der Waals surface area contributed by atoms with Gasteiger partial charge in [0.15, 0.2) is 11.6 Å². The van der Waals surface area contributed by atoms with Gasteiger partial charge >= 0.3 is 0 Å². The summed E-state index contributed by atoms with van der Waals surface area (Å²) in [5, 5.41) is 12.8. The molecule has 3 aromatic heterocycles. The highest BCUT2D eigenvalue weighted by Crippen LogP contribution is 2.40. The topological polar surface area (TPSA) is 109 Å². The van der Waals surface area contributed by atoms with E-state index in [-0.39, 0.29) is 5.91 Å². The van der Waals surface area contributed by atoms with E-state index in [1.165, 1.54) is 11.3 Å². The maximum Gasteiger partial charge on any atom is 0.252 e. The van der Waals surface area contributed by atoms with Crippen molar-refractivity contribution in [2.75, 3.05) is 30.0 Å². The number of morpholine rings is 1. The molecule has 0 aliphatic carbocycles. The first kappa shape index (κ1) is 16.3. The lowest BCUT2D eigenvalue weighted by atomic mass is 9.90. The van der Waals surface area contributed by atoms with Crippen molar-refractivity contribution < 1.29 is 9.53 Å². The fourth-order valence-electron chi connectivity index (χ4n) is 3.64. The lowest BCUT2D eigenvalue weighted by Crippen LogP contribution is -2.66. The van der Waals surface area contributed by atoms with E-state index in [9.17, 15) is 4.79 Å². The predicted molar refractivity (Wildman–Crippen MR) is 101 cm³/mol. The van der Waals surface area contributed by atoms with Crippen LogP contribution in [0.25, 0.3) is 22.1 Å². The van der Waals surface area contributed by atoms with Gasteiger partial charge in [0, 0.05) is 18.1 Å². The molecule has 2 aliphatic heterocycles. The van der Waals surface area contributed by atoms with Crippen LogP contribution in [0.15, 0.2) is 24.0 Å². The molecule has 10 heteroatoms. The van der Waals surface area contributed by atoms with Gasteiger partial charge in [-0.25, -0.2) is 15.0 Å². The van der Waals surface area contributed by atoms with E-state index >= 15 is 0 Å². The minimum absolute atomic E-state index is 0.0691. The van der Waals surface area contributed by atoms with E-state index in [1.807, 2.05) is 12.3 Å². The van der Waals surface area contributed by atoms with Gasteiger partial charge in [0.1, 0.15) is 21.9 Å². The van der Waals surface area contributed by atoms with Gasteiger partial charge in [-0.3, -0.25) is 9.89 Å². The van der Waals surface area contributed by atoms with E-state index in [0.717, 1.165) is 22.1 Å². The van der Waals surface area contributed by atoms with Crippen LogP contribution >= 0.6 is 11.3 Å². The van der Waals surface area contributed by atoms with Crippen LogP contribution < -0.4 is 10.2 Å². The normalized spacial score (nSPS) is 21.5. The second-order valence-corrected chi connectivity index (χ2v) is 7.36. The summed E-state index contributed by atoms with van der Waals surface area (Å²) < 4.78 is 5.62.